The molecule has 1 aromatic rings. The molecule has 3 nitrogen and oxygen atoms in total. The average Bonchev–Trinajstić information content (AvgIpc) is 2.36. The quantitative estimate of drug-likeness (QED) is 0.921. The van der Waals surface area contributed by atoms with Gasteiger partial charge in [-0.3, -0.25) is 4.79 Å². The number of hydrogen-bond acceptors (Lipinski definition) is 2. The van der Waals surface area contributed by atoms with Crippen molar-refractivity contribution in [1.29, 1.82) is 0 Å². The number of nitrogens with zero attached hydrogens (tertiary/aromatic N) is 1. The standard InChI is InChI=1S/C13H16F3NO2/c1-12(2,8-18)17(3)11(19)9-6-4-5-7-10(9)13(14,15)16/h4-7,18H,8H2,1-3H3. The van der Waals surface area contributed by atoms with E-state index in [0.717, 1.165) is 17.0 Å². The molecule has 0 aliphatic heterocycles. The summed E-state index contributed by atoms with van der Waals surface area (Å²) in [5.41, 5.74) is -2.32. The summed E-state index contributed by atoms with van der Waals surface area (Å²) in [6.45, 7) is 2.80. The maximum Gasteiger partial charge on any atom is 0.417 e. The van der Waals surface area contributed by atoms with Gasteiger partial charge < -0.3 is 10.0 Å². The molecule has 0 radical (unpaired) electrons. The number of rotatable bonds is 3. The second-order valence-corrected chi connectivity index (χ2v) is 4.88. The van der Waals surface area contributed by atoms with Crippen molar-refractivity contribution < 1.29 is 23.1 Å². The van der Waals surface area contributed by atoms with E-state index in [-0.39, 0.29) is 6.61 Å². The van der Waals surface area contributed by atoms with Crippen molar-refractivity contribution in [2.24, 2.45) is 0 Å². The molecule has 19 heavy (non-hydrogen) atoms. The molecule has 0 bridgehead atoms. The number of hydrogen-bond donors (Lipinski definition) is 1. The lowest BCUT2D eigenvalue weighted by atomic mass is 10.0. The summed E-state index contributed by atoms with van der Waals surface area (Å²) in [4.78, 5) is 13.2. The fraction of sp³-hybridized carbons (Fsp3) is 0.462. The second kappa shape index (κ2) is 5.21. The highest BCUT2D eigenvalue weighted by molar-refractivity contribution is 5.96. The first-order valence-electron chi connectivity index (χ1n) is 5.66. The summed E-state index contributed by atoms with van der Waals surface area (Å²) in [6, 6.07) is 4.61. The van der Waals surface area contributed by atoms with Gasteiger partial charge in [-0.2, -0.15) is 13.2 Å². The predicted octanol–water partition coefficient (Wildman–Crippen LogP) is 2.55. The number of amides is 1. The van der Waals surface area contributed by atoms with Gasteiger partial charge in [0.05, 0.1) is 23.3 Å². The number of carbonyl (C=O) groups is 1. The molecule has 106 valence electrons. The van der Waals surface area contributed by atoms with E-state index in [1.165, 1.54) is 19.2 Å². The number of alkyl halides is 3. The van der Waals surface area contributed by atoms with Gasteiger partial charge >= 0.3 is 6.18 Å². The molecule has 0 saturated carbocycles. The van der Waals surface area contributed by atoms with Crippen LogP contribution in [-0.4, -0.2) is 35.1 Å². The Labute approximate surface area is 109 Å². The van der Waals surface area contributed by atoms with Crippen molar-refractivity contribution in [3.63, 3.8) is 0 Å². The molecule has 0 saturated heterocycles. The molecule has 1 rings (SSSR count). The molecule has 1 N–H and O–H groups in total. The van der Waals surface area contributed by atoms with Crippen molar-refractivity contribution in [2.45, 2.75) is 25.6 Å². The Bertz CT molecular complexity index is 469. The molecular weight excluding hydrogens is 259 g/mol. The number of aliphatic hydroxyl groups is 1. The topological polar surface area (TPSA) is 40.5 Å². The van der Waals surface area contributed by atoms with E-state index < -0.39 is 28.7 Å². The number of likely N-dealkylation sites (N-methyl/N-ethyl adjacent to an activating group) is 1. The lowest BCUT2D eigenvalue weighted by Crippen LogP contribution is -2.48. The van der Waals surface area contributed by atoms with E-state index >= 15 is 0 Å². The summed E-state index contributed by atoms with van der Waals surface area (Å²) >= 11 is 0. The van der Waals surface area contributed by atoms with Gasteiger partial charge in [-0.05, 0) is 26.0 Å². The SMILES string of the molecule is CN(C(=O)c1ccccc1C(F)(F)F)C(C)(C)CO. The van der Waals surface area contributed by atoms with E-state index in [1.807, 2.05) is 0 Å². The zero-order valence-electron chi connectivity index (χ0n) is 11.0. The van der Waals surface area contributed by atoms with Crippen LogP contribution in [0.1, 0.15) is 29.8 Å². The Balaban J connectivity index is 3.21. The minimum Gasteiger partial charge on any atom is -0.394 e. The normalized spacial score (nSPS) is 12.4. The van der Waals surface area contributed by atoms with Crippen molar-refractivity contribution in [2.75, 3.05) is 13.7 Å². The Morgan fingerprint density at radius 2 is 1.79 bits per heavy atom. The highest BCUT2D eigenvalue weighted by atomic mass is 19.4. The highest BCUT2D eigenvalue weighted by Crippen LogP contribution is 2.32. The van der Waals surface area contributed by atoms with E-state index in [9.17, 15) is 23.1 Å². The molecule has 0 aliphatic carbocycles. The fourth-order valence-electron chi connectivity index (χ4n) is 1.48. The van der Waals surface area contributed by atoms with Crippen molar-refractivity contribution >= 4 is 5.91 Å². The summed E-state index contributed by atoms with van der Waals surface area (Å²) in [5, 5.41) is 9.17. The lowest BCUT2D eigenvalue weighted by molar-refractivity contribution is -0.138. The third-order valence-corrected chi connectivity index (χ3v) is 3.06. The number of halogens is 3. The maximum atomic E-state index is 12.8. The molecule has 0 spiro atoms. The predicted molar refractivity (Wildman–Crippen MR) is 64.7 cm³/mol. The van der Waals surface area contributed by atoms with Crippen molar-refractivity contribution in [3.8, 4) is 0 Å². The van der Waals surface area contributed by atoms with Gasteiger partial charge in [0, 0.05) is 7.05 Å². The maximum absolute atomic E-state index is 12.8. The molecule has 0 unspecified atom stereocenters. The minimum absolute atomic E-state index is 0.344. The summed E-state index contributed by atoms with van der Waals surface area (Å²) in [5.74, 6) is -0.771. The molecule has 6 heteroatoms. The van der Waals surface area contributed by atoms with Gasteiger partial charge in [0.2, 0.25) is 0 Å². The Morgan fingerprint density at radius 3 is 2.26 bits per heavy atom. The van der Waals surface area contributed by atoms with Crippen LogP contribution in [0.4, 0.5) is 13.2 Å². The van der Waals surface area contributed by atoms with Crippen LogP contribution in [-0.2, 0) is 6.18 Å². The van der Waals surface area contributed by atoms with Crippen LogP contribution in [0, 0.1) is 0 Å². The van der Waals surface area contributed by atoms with Crippen LogP contribution in [0.2, 0.25) is 0 Å². The number of benzene rings is 1. The molecule has 1 aromatic carbocycles. The largest absolute Gasteiger partial charge is 0.417 e. The molecule has 0 heterocycles. The van der Waals surface area contributed by atoms with Gasteiger partial charge in [-0.1, -0.05) is 12.1 Å². The van der Waals surface area contributed by atoms with E-state index in [4.69, 9.17) is 0 Å². The van der Waals surface area contributed by atoms with Crippen molar-refractivity contribution in [1.82, 2.24) is 4.90 Å². The zero-order chi connectivity index (χ0) is 14.8. The van der Waals surface area contributed by atoms with Gasteiger partial charge in [-0.25, -0.2) is 0 Å². The summed E-state index contributed by atoms with van der Waals surface area (Å²) < 4.78 is 38.5. The average molecular weight is 275 g/mol. The molecule has 0 aromatic heterocycles. The molecule has 0 atom stereocenters. The van der Waals surface area contributed by atoms with E-state index in [1.54, 1.807) is 13.8 Å². The Kier molecular flexibility index (Phi) is 4.25. The first kappa shape index (κ1) is 15.5. The van der Waals surface area contributed by atoms with Gasteiger partial charge in [-0.15, -0.1) is 0 Å². The van der Waals surface area contributed by atoms with Crippen LogP contribution in [0.3, 0.4) is 0 Å². The van der Waals surface area contributed by atoms with Gasteiger partial charge in [0.15, 0.2) is 0 Å². The van der Waals surface area contributed by atoms with Gasteiger partial charge in [0.25, 0.3) is 5.91 Å². The molecule has 1 amide bonds. The van der Waals surface area contributed by atoms with Crippen LogP contribution < -0.4 is 0 Å². The smallest absolute Gasteiger partial charge is 0.394 e. The molecular formula is C13H16F3NO2. The van der Waals surface area contributed by atoms with Crippen LogP contribution in [0.15, 0.2) is 24.3 Å². The van der Waals surface area contributed by atoms with E-state index in [0.29, 0.717) is 0 Å². The zero-order valence-corrected chi connectivity index (χ0v) is 11.0. The van der Waals surface area contributed by atoms with E-state index in [2.05, 4.69) is 0 Å². The molecule has 0 fully saturated rings. The summed E-state index contributed by atoms with van der Waals surface area (Å²) in [7, 11) is 1.37. The highest BCUT2D eigenvalue weighted by Gasteiger charge is 2.37. The minimum atomic E-state index is -4.59. The molecule has 0 aliphatic rings. The van der Waals surface area contributed by atoms with Crippen molar-refractivity contribution in [3.05, 3.63) is 35.4 Å². The fourth-order valence-corrected chi connectivity index (χ4v) is 1.48. The van der Waals surface area contributed by atoms with Gasteiger partial charge in [0.1, 0.15) is 0 Å². The number of carbonyl (C=O) groups excluding carboxylic acids is 1. The third kappa shape index (κ3) is 3.26. The van der Waals surface area contributed by atoms with Crippen LogP contribution in [0.5, 0.6) is 0 Å². The number of aliphatic hydroxyl groups excluding tert-OH is 1. The third-order valence-electron chi connectivity index (χ3n) is 3.06. The van der Waals surface area contributed by atoms with Crippen LogP contribution >= 0.6 is 0 Å². The Hall–Kier alpha value is -1.56. The first-order valence-corrected chi connectivity index (χ1v) is 5.66. The lowest BCUT2D eigenvalue weighted by Gasteiger charge is -2.34. The summed E-state index contributed by atoms with van der Waals surface area (Å²) in [6.07, 6.45) is -4.59. The Morgan fingerprint density at radius 1 is 1.26 bits per heavy atom. The second-order valence-electron chi connectivity index (χ2n) is 4.88. The first-order chi connectivity index (χ1) is 8.61. The monoisotopic (exact) mass is 275 g/mol. The van der Waals surface area contributed by atoms with Crippen LogP contribution in [0.25, 0.3) is 0 Å².